The zero-order valence-corrected chi connectivity index (χ0v) is 16.4. The number of benzene rings is 2. The molecule has 150 valence electrons. The predicted molar refractivity (Wildman–Crippen MR) is 109 cm³/mol. The molecule has 0 atom stereocenters. The lowest BCUT2D eigenvalue weighted by molar-refractivity contribution is -0.121. The van der Waals surface area contributed by atoms with E-state index in [-0.39, 0.29) is 24.9 Å². The lowest BCUT2D eigenvalue weighted by atomic mass is 10.1. The zero-order valence-electron chi connectivity index (χ0n) is 16.4. The van der Waals surface area contributed by atoms with Gasteiger partial charge in [-0.25, -0.2) is 9.18 Å². The molecule has 0 radical (unpaired) electrons. The van der Waals surface area contributed by atoms with E-state index in [0.29, 0.717) is 17.8 Å². The van der Waals surface area contributed by atoms with Crippen LogP contribution in [0.3, 0.4) is 0 Å². The Morgan fingerprint density at radius 1 is 1.07 bits per heavy atom. The first-order valence-electron chi connectivity index (χ1n) is 9.43. The van der Waals surface area contributed by atoms with Gasteiger partial charge in [-0.3, -0.25) is 4.79 Å². The van der Waals surface area contributed by atoms with Crippen LogP contribution in [-0.2, 0) is 22.6 Å². The van der Waals surface area contributed by atoms with Crippen molar-refractivity contribution in [3.05, 3.63) is 83.3 Å². The monoisotopic (exact) mass is 394 g/mol. The van der Waals surface area contributed by atoms with Crippen LogP contribution in [0.15, 0.2) is 60.7 Å². The molecule has 0 aliphatic rings. The third-order valence-electron chi connectivity index (χ3n) is 4.64. The Morgan fingerprint density at radius 2 is 1.76 bits per heavy atom. The highest BCUT2D eigenvalue weighted by Gasteiger charge is 2.20. The third kappa shape index (κ3) is 4.90. The van der Waals surface area contributed by atoms with Crippen LogP contribution in [-0.4, -0.2) is 23.1 Å². The van der Waals surface area contributed by atoms with E-state index in [4.69, 9.17) is 4.74 Å². The number of rotatable bonds is 7. The largest absolute Gasteiger partial charge is 0.462 e. The number of aromatic nitrogens is 1. The molecular weight excluding hydrogens is 371 g/mol. The summed E-state index contributed by atoms with van der Waals surface area (Å²) in [6, 6.07) is 17.3. The summed E-state index contributed by atoms with van der Waals surface area (Å²) in [5.41, 5.74) is 3.58. The van der Waals surface area contributed by atoms with Gasteiger partial charge in [0, 0.05) is 17.9 Å². The molecule has 1 aromatic heterocycles. The van der Waals surface area contributed by atoms with E-state index >= 15 is 0 Å². The van der Waals surface area contributed by atoms with Crippen LogP contribution in [0.1, 0.15) is 28.5 Å². The summed E-state index contributed by atoms with van der Waals surface area (Å²) in [4.78, 5) is 24.9. The molecule has 0 saturated carbocycles. The van der Waals surface area contributed by atoms with Crippen LogP contribution < -0.4 is 5.32 Å². The van der Waals surface area contributed by atoms with Crippen LogP contribution in [0.2, 0.25) is 0 Å². The Balaban J connectivity index is 1.83. The minimum absolute atomic E-state index is 0.0522. The third-order valence-corrected chi connectivity index (χ3v) is 4.64. The second-order valence-electron chi connectivity index (χ2n) is 6.60. The maximum absolute atomic E-state index is 13.0. The highest BCUT2D eigenvalue weighted by atomic mass is 19.1. The summed E-state index contributed by atoms with van der Waals surface area (Å²) >= 11 is 0. The van der Waals surface area contributed by atoms with Crippen molar-refractivity contribution >= 4 is 11.9 Å². The summed E-state index contributed by atoms with van der Waals surface area (Å²) in [6.45, 7) is 4.18. The van der Waals surface area contributed by atoms with Crippen LogP contribution >= 0.6 is 0 Å². The van der Waals surface area contributed by atoms with E-state index in [2.05, 4.69) is 5.32 Å². The number of hydrogen-bond acceptors (Lipinski definition) is 3. The SMILES string of the molecule is CCOC(=O)c1cc(-c2ccccc2)n(CC(=O)NCc2ccc(F)cc2)c1C. The van der Waals surface area contributed by atoms with Crippen LogP contribution in [0.5, 0.6) is 0 Å². The Labute approximate surface area is 169 Å². The number of amides is 1. The second-order valence-corrected chi connectivity index (χ2v) is 6.60. The van der Waals surface area contributed by atoms with Crippen molar-refractivity contribution in [3.8, 4) is 11.3 Å². The van der Waals surface area contributed by atoms with Gasteiger partial charge in [-0.15, -0.1) is 0 Å². The van der Waals surface area contributed by atoms with Crippen LogP contribution in [0, 0.1) is 12.7 Å². The van der Waals surface area contributed by atoms with Gasteiger partial charge in [-0.2, -0.15) is 0 Å². The van der Waals surface area contributed by atoms with E-state index in [9.17, 15) is 14.0 Å². The maximum Gasteiger partial charge on any atom is 0.339 e. The number of nitrogens with one attached hydrogen (secondary N) is 1. The topological polar surface area (TPSA) is 60.3 Å². The molecule has 0 aliphatic carbocycles. The smallest absolute Gasteiger partial charge is 0.339 e. The average Bonchev–Trinajstić information content (AvgIpc) is 3.05. The fourth-order valence-corrected chi connectivity index (χ4v) is 3.11. The minimum atomic E-state index is -0.410. The molecule has 1 amide bonds. The van der Waals surface area contributed by atoms with Gasteiger partial charge < -0.3 is 14.6 Å². The van der Waals surface area contributed by atoms with Gasteiger partial charge in [-0.1, -0.05) is 42.5 Å². The first kappa shape index (κ1) is 20.3. The molecule has 29 heavy (non-hydrogen) atoms. The fourth-order valence-electron chi connectivity index (χ4n) is 3.11. The molecule has 3 rings (SSSR count). The van der Waals surface area contributed by atoms with E-state index in [1.54, 1.807) is 32.0 Å². The number of hydrogen-bond donors (Lipinski definition) is 1. The van der Waals surface area contributed by atoms with Crippen LogP contribution in [0.25, 0.3) is 11.3 Å². The number of nitrogens with zero attached hydrogens (tertiary/aromatic N) is 1. The molecule has 6 heteroatoms. The zero-order chi connectivity index (χ0) is 20.8. The van der Waals surface area contributed by atoms with Gasteiger partial charge in [0.25, 0.3) is 0 Å². The van der Waals surface area contributed by atoms with Crippen molar-refractivity contribution in [2.75, 3.05) is 6.61 Å². The number of carbonyl (C=O) groups excluding carboxylic acids is 2. The molecule has 0 spiro atoms. The molecule has 0 fully saturated rings. The Bertz CT molecular complexity index is 995. The van der Waals surface area contributed by atoms with Crippen molar-refractivity contribution in [1.82, 2.24) is 9.88 Å². The molecule has 0 unspecified atom stereocenters. The van der Waals surface area contributed by atoms with Crippen molar-refractivity contribution in [1.29, 1.82) is 0 Å². The van der Waals surface area contributed by atoms with Gasteiger partial charge in [0.15, 0.2) is 0 Å². The maximum atomic E-state index is 13.0. The van der Waals surface area contributed by atoms with E-state index < -0.39 is 5.97 Å². The molecule has 1 heterocycles. The quantitative estimate of drug-likeness (QED) is 0.614. The second kappa shape index (κ2) is 9.19. The van der Waals surface area contributed by atoms with E-state index in [1.807, 2.05) is 34.9 Å². The summed E-state index contributed by atoms with van der Waals surface area (Å²) < 4.78 is 20.0. The molecule has 0 aliphatic heterocycles. The van der Waals surface area contributed by atoms with Gasteiger partial charge in [0.1, 0.15) is 12.4 Å². The Hall–Kier alpha value is -3.41. The van der Waals surface area contributed by atoms with E-state index in [0.717, 1.165) is 16.8 Å². The molecule has 0 bridgehead atoms. The highest BCUT2D eigenvalue weighted by molar-refractivity contribution is 5.93. The van der Waals surface area contributed by atoms with Crippen molar-refractivity contribution in [2.45, 2.75) is 26.9 Å². The van der Waals surface area contributed by atoms with Gasteiger partial charge in [0.05, 0.1) is 12.2 Å². The lowest BCUT2D eigenvalue weighted by Gasteiger charge is -2.13. The molecule has 5 nitrogen and oxygen atoms in total. The first-order chi connectivity index (χ1) is 14.0. The number of halogens is 1. The average molecular weight is 394 g/mol. The van der Waals surface area contributed by atoms with Gasteiger partial charge in [-0.05, 0) is 43.2 Å². The van der Waals surface area contributed by atoms with Crippen molar-refractivity contribution in [3.63, 3.8) is 0 Å². The number of esters is 1. The fraction of sp³-hybridized carbons (Fsp3) is 0.217. The van der Waals surface area contributed by atoms with Gasteiger partial charge >= 0.3 is 5.97 Å². The summed E-state index contributed by atoms with van der Waals surface area (Å²) in [7, 11) is 0. The van der Waals surface area contributed by atoms with Crippen LogP contribution in [0.4, 0.5) is 4.39 Å². The van der Waals surface area contributed by atoms with E-state index in [1.165, 1.54) is 12.1 Å². The summed E-state index contributed by atoms with van der Waals surface area (Å²) in [5, 5.41) is 2.84. The molecule has 2 aromatic carbocycles. The first-order valence-corrected chi connectivity index (χ1v) is 9.43. The summed E-state index contributed by atoms with van der Waals surface area (Å²) in [5.74, 6) is -0.935. The lowest BCUT2D eigenvalue weighted by Crippen LogP contribution is -2.27. The highest BCUT2D eigenvalue weighted by Crippen LogP contribution is 2.26. The molecule has 0 saturated heterocycles. The van der Waals surface area contributed by atoms with Crippen molar-refractivity contribution < 1.29 is 18.7 Å². The Morgan fingerprint density at radius 3 is 2.41 bits per heavy atom. The summed E-state index contributed by atoms with van der Waals surface area (Å²) in [6.07, 6.45) is 0. The predicted octanol–water partition coefficient (Wildman–Crippen LogP) is 4.10. The standard InChI is InChI=1S/C23H23FN2O3/c1-3-29-23(28)20-13-21(18-7-5-4-6-8-18)26(16(20)2)15-22(27)25-14-17-9-11-19(24)12-10-17/h4-13H,3,14-15H2,1-2H3,(H,25,27). The Kier molecular flexibility index (Phi) is 6.44. The molecule has 3 aromatic rings. The molecular formula is C23H23FN2O3. The van der Waals surface area contributed by atoms with Crippen molar-refractivity contribution in [2.24, 2.45) is 0 Å². The number of ether oxygens (including phenoxy) is 1. The molecule has 1 N–H and O–H groups in total. The van der Waals surface area contributed by atoms with Gasteiger partial charge in [0.2, 0.25) is 5.91 Å². The number of carbonyl (C=O) groups is 2. The normalized spacial score (nSPS) is 10.6. The minimum Gasteiger partial charge on any atom is -0.462 e.